The van der Waals surface area contributed by atoms with Gasteiger partial charge in [-0.15, -0.1) is 0 Å². The van der Waals surface area contributed by atoms with Gasteiger partial charge >= 0.3 is 0 Å². The zero-order chi connectivity index (χ0) is 11.8. The summed E-state index contributed by atoms with van der Waals surface area (Å²) in [4.78, 5) is 0. The highest BCUT2D eigenvalue weighted by molar-refractivity contribution is 4.43. The van der Waals surface area contributed by atoms with Crippen molar-refractivity contribution in [2.75, 3.05) is 33.0 Å². The summed E-state index contributed by atoms with van der Waals surface area (Å²) in [6, 6.07) is 0. The Balaban J connectivity index is -0.000000138. The molecule has 0 aromatic heterocycles. The maximum atomic E-state index is 8.17. The quantitative estimate of drug-likeness (QED) is 0.498. The van der Waals surface area contributed by atoms with Gasteiger partial charge in [0.05, 0.1) is 13.2 Å². The van der Waals surface area contributed by atoms with Crippen LogP contribution in [0.25, 0.3) is 0 Å². The Morgan fingerprint density at radius 1 is 0.929 bits per heavy atom. The van der Waals surface area contributed by atoms with Gasteiger partial charge in [-0.05, 0) is 20.8 Å². The van der Waals surface area contributed by atoms with Gasteiger partial charge in [0.2, 0.25) is 0 Å². The molecule has 5 nitrogen and oxygen atoms in total. The van der Waals surface area contributed by atoms with E-state index in [0.717, 1.165) is 13.2 Å². The predicted octanol–water partition coefficient (Wildman–Crippen LogP) is -0.627. The molecule has 4 N–H and O–H groups in total. The molecule has 0 unspecified atom stereocenters. The van der Waals surface area contributed by atoms with Crippen LogP contribution in [0.2, 0.25) is 0 Å². The number of rotatable bonds is 4. The van der Waals surface area contributed by atoms with Crippen LogP contribution >= 0.6 is 0 Å². The number of hydrogen-bond donors (Lipinski definition) is 4. The van der Waals surface area contributed by atoms with Crippen molar-refractivity contribution in [1.82, 2.24) is 0 Å². The minimum Gasteiger partial charge on any atom is -0.397 e. The molecule has 0 fully saturated rings. The maximum absolute atomic E-state index is 8.17. The lowest BCUT2D eigenvalue weighted by molar-refractivity contribution is 0.0450. The topological polar surface area (TPSA) is 90.2 Å². The standard InChI is InChI=1S/C4H10O.C3H8O3.C2H6O/c1-3-5-4-2;4-1-3(6)2-5;1-2-3/h3-4H2,1-2H3;3-6H,1-2H2;3H,2H2,1H3. The van der Waals surface area contributed by atoms with Crippen molar-refractivity contribution >= 4 is 0 Å². The molecule has 0 atom stereocenters. The van der Waals surface area contributed by atoms with Gasteiger partial charge in [0.25, 0.3) is 0 Å². The fourth-order valence-electron chi connectivity index (χ4n) is 0.262. The third kappa shape index (κ3) is 40.9. The van der Waals surface area contributed by atoms with Crippen LogP contribution in [0.1, 0.15) is 20.8 Å². The molecule has 0 saturated heterocycles. The summed E-state index contributed by atoms with van der Waals surface area (Å²) < 4.78 is 4.83. The molecular weight excluding hydrogens is 188 g/mol. The van der Waals surface area contributed by atoms with E-state index in [4.69, 9.17) is 25.2 Å². The van der Waals surface area contributed by atoms with E-state index in [9.17, 15) is 0 Å². The molecular formula is C9H24O5. The van der Waals surface area contributed by atoms with E-state index in [2.05, 4.69) is 0 Å². The zero-order valence-electron chi connectivity index (χ0n) is 9.31. The third-order valence-electron chi connectivity index (χ3n) is 0.830. The minimum absolute atomic E-state index is 0.250. The van der Waals surface area contributed by atoms with Crippen molar-refractivity contribution in [3.05, 3.63) is 0 Å². The second kappa shape index (κ2) is 23.0. The third-order valence-corrected chi connectivity index (χ3v) is 0.830. The fraction of sp³-hybridized carbons (Fsp3) is 1.00. The first-order chi connectivity index (χ1) is 6.64. The van der Waals surface area contributed by atoms with Gasteiger partial charge in [-0.1, -0.05) is 0 Å². The molecule has 0 amide bonds. The van der Waals surface area contributed by atoms with Gasteiger partial charge in [0.15, 0.2) is 0 Å². The van der Waals surface area contributed by atoms with Crippen molar-refractivity contribution in [3.8, 4) is 0 Å². The lowest BCUT2D eigenvalue weighted by Gasteiger charge is -1.96. The molecule has 0 aliphatic carbocycles. The Morgan fingerprint density at radius 2 is 1.21 bits per heavy atom. The molecule has 0 bridgehead atoms. The summed E-state index contributed by atoms with van der Waals surface area (Å²) in [6.45, 7) is 6.87. The van der Waals surface area contributed by atoms with Crippen molar-refractivity contribution in [3.63, 3.8) is 0 Å². The normalized spacial score (nSPS) is 8.57. The Kier molecular flexibility index (Phi) is 31.9. The fourth-order valence-corrected chi connectivity index (χ4v) is 0.262. The first-order valence-electron chi connectivity index (χ1n) is 4.72. The minimum atomic E-state index is -0.954. The van der Waals surface area contributed by atoms with Crippen LogP contribution in [0.5, 0.6) is 0 Å². The van der Waals surface area contributed by atoms with Crippen molar-refractivity contribution in [2.45, 2.75) is 26.9 Å². The largest absolute Gasteiger partial charge is 0.397 e. The molecule has 14 heavy (non-hydrogen) atoms. The van der Waals surface area contributed by atoms with Gasteiger partial charge in [-0.25, -0.2) is 0 Å². The molecule has 0 radical (unpaired) electrons. The molecule has 0 saturated carbocycles. The second-order valence-electron chi connectivity index (χ2n) is 2.12. The summed E-state index contributed by atoms with van der Waals surface area (Å²) in [6.07, 6.45) is -0.954. The molecule has 90 valence electrons. The summed E-state index contributed by atoms with van der Waals surface area (Å²) in [5.41, 5.74) is 0. The number of hydrogen-bond acceptors (Lipinski definition) is 5. The van der Waals surface area contributed by atoms with E-state index < -0.39 is 6.10 Å². The number of aliphatic hydroxyl groups excluding tert-OH is 4. The van der Waals surface area contributed by atoms with Crippen LogP contribution < -0.4 is 0 Å². The molecule has 0 aromatic carbocycles. The lowest BCUT2D eigenvalue weighted by Crippen LogP contribution is -2.15. The zero-order valence-corrected chi connectivity index (χ0v) is 9.31. The highest BCUT2D eigenvalue weighted by atomic mass is 16.5. The number of aliphatic hydroxyl groups is 4. The number of ether oxygens (including phenoxy) is 1. The van der Waals surface area contributed by atoms with Gasteiger partial charge in [0.1, 0.15) is 6.10 Å². The average molecular weight is 212 g/mol. The highest BCUT2D eigenvalue weighted by Gasteiger charge is 1.93. The molecule has 0 heterocycles. The monoisotopic (exact) mass is 212 g/mol. The molecule has 0 spiro atoms. The van der Waals surface area contributed by atoms with Crippen LogP contribution in [0.3, 0.4) is 0 Å². The van der Waals surface area contributed by atoms with Crippen LogP contribution in [0.15, 0.2) is 0 Å². The van der Waals surface area contributed by atoms with Crippen molar-refractivity contribution in [2.24, 2.45) is 0 Å². The van der Waals surface area contributed by atoms with Crippen LogP contribution in [-0.4, -0.2) is 59.6 Å². The van der Waals surface area contributed by atoms with E-state index in [1.807, 2.05) is 13.8 Å². The second-order valence-corrected chi connectivity index (χ2v) is 2.12. The van der Waals surface area contributed by atoms with E-state index in [1.54, 1.807) is 6.92 Å². The molecule has 0 aliphatic rings. The maximum Gasteiger partial charge on any atom is 0.100 e. The van der Waals surface area contributed by atoms with Crippen LogP contribution in [-0.2, 0) is 4.74 Å². The van der Waals surface area contributed by atoms with E-state index in [0.29, 0.717) is 0 Å². The van der Waals surface area contributed by atoms with E-state index >= 15 is 0 Å². The summed E-state index contributed by atoms with van der Waals surface area (Å²) >= 11 is 0. The van der Waals surface area contributed by atoms with E-state index in [1.165, 1.54) is 0 Å². The van der Waals surface area contributed by atoms with Gasteiger partial charge in [-0.3, -0.25) is 0 Å². The average Bonchev–Trinajstić information content (AvgIpc) is 2.20. The first-order valence-corrected chi connectivity index (χ1v) is 4.72. The van der Waals surface area contributed by atoms with Crippen LogP contribution in [0.4, 0.5) is 0 Å². The molecule has 0 aliphatic heterocycles. The predicted molar refractivity (Wildman–Crippen MR) is 55.1 cm³/mol. The first kappa shape index (κ1) is 19.4. The summed E-state index contributed by atoms with van der Waals surface area (Å²) in [5.74, 6) is 0. The Hall–Kier alpha value is -0.200. The van der Waals surface area contributed by atoms with Gasteiger partial charge in [-0.2, -0.15) is 0 Å². The van der Waals surface area contributed by atoms with E-state index in [-0.39, 0.29) is 19.8 Å². The van der Waals surface area contributed by atoms with Gasteiger partial charge in [0, 0.05) is 19.8 Å². The molecule has 0 aromatic rings. The van der Waals surface area contributed by atoms with Crippen molar-refractivity contribution in [1.29, 1.82) is 0 Å². The SMILES string of the molecule is CCO.CCOCC.OCC(O)CO. The Morgan fingerprint density at radius 3 is 1.21 bits per heavy atom. The molecule has 0 rings (SSSR count). The van der Waals surface area contributed by atoms with Crippen molar-refractivity contribution < 1.29 is 25.2 Å². The molecule has 5 heteroatoms. The lowest BCUT2D eigenvalue weighted by atomic mass is 10.4. The highest BCUT2D eigenvalue weighted by Crippen LogP contribution is 1.71. The van der Waals surface area contributed by atoms with Crippen LogP contribution in [0, 0.1) is 0 Å². The smallest absolute Gasteiger partial charge is 0.100 e. The summed E-state index contributed by atoms with van der Waals surface area (Å²) in [7, 11) is 0. The Bertz CT molecular complexity index is 64.2. The van der Waals surface area contributed by atoms with Gasteiger partial charge < -0.3 is 25.2 Å². The Labute approximate surface area is 86.0 Å². The summed E-state index contributed by atoms with van der Waals surface area (Å²) in [5, 5.41) is 31.6.